The van der Waals surface area contributed by atoms with Gasteiger partial charge in [0.05, 0.1) is 0 Å². The number of hydrogen-bond acceptors (Lipinski definition) is 3. The number of likely N-dealkylation sites (tertiary alicyclic amines) is 1. The molecule has 0 saturated carbocycles. The standard InChI is InChI=1S/C24H38N6.HI/c1-25-24(27-14-7-17-30-18-8-15-28-30)26-13-5-6-16-29-19-11-23(12-20-29)21-22-9-3-2-4-10-22;/h2-4,8-10,15,18,23H,5-7,11-14,16-17,19-21H2,1H3,(H2,25,26,27);1H. The molecule has 1 aromatic carbocycles. The molecule has 0 radical (unpaired) electrons. The number of halogens is 1. The molecule has 1 aliphatic heterocycles. The molecule has 0 spiro atoms. The van der Waals surface area contributed by atoms with E-state index >= 15 is 0 Å². The van der Waals surface area contributed by atoms with Crippen molar-refractivity contribution >= 4 is 29.9 Å². The fourth-order valence-corrected chi connectivity index (χ4v) is 4.13. The van der Waals surface area contributed by atoms with Gasteiger partial charge in [0.25, 0.3) is 0 Å². The lowest BCUT2D eigenvalue weighted by atomic mass is 9.90. The second kappa shape index (κ2) is 15.2. The molecule has 0 unspecified atom stereocenters. The van der Waals surface area contributed by atoms with E-state index in [-0.39, 0.29) is 24.0 Å². The van der Waals surface area contributed by atoms with Gasteiger partial charge in [0.1, 0.15) is 0 Å². The minimum absolute atomic E-state index is 0. The van der Waals surface area contributed by atoms with Gasteiger partial charge in [-0.05, 0) is 75.7 Å². The highest BCUT2D eigenvalue weighted by molar-refractivity contribution is 14.0. The Kier molecular flexibility index (Phi) is 12.6. The fraction of sp³-hybridized carbons (Fsp3) is 0.583. The van der Waals surface area contributed by atoms with E-state index in [1.165, 1.54) is 57.3 Å². The molecule has 31 heavy (non-hydrogen) atoms. The van der Waals surface area contributed by atoms with Crippen LogP contribution in [0.5, 0.6) is 0 Å². The van der Waals surface area contributed by atoms with Crippen LogP contribution in [0.15, 0.2) is 53.8 Å². The smallest absolute Gasteiger partial charge is 0.190 e. The maximum Gasteiger partial charge on any atom is 0.190 e. The fourth-order valence-electron chi connectivity index (χ4n) is 4.13. The topological polar surface area (TPSA) is 57.5 Å². The molecule has 1 saturated heterocycles. The number of piperidine rings is 1. The van der Waals surface area contributed by atoms with Crippen LogP contribution in [0.2, 0.25) is 0 Å². The number of nitrogens with one attached hydrogen (secondary N) is 2. The minimum Gasteiger partial charge on any atom is -0.356 e. The van der Waals surface area contributed by atoms with E-state index in [1.54, 1.807) is 0 Å². The van der Waals surface area contributed by atoms with Gasteiger partial charge in [-0.15, -0.1) is 24.0 Å². The number of hydrogen-bond donors (Lipinski definition) is 2. The largest absolute Gasteiger partial charge is 0.356 e. The van der Waals surface area contributed by atoms with Crippen molar-refractivity contribution in [3.63, 3.8) is 0 Å². The van der Waals surface area contributed by atoms with E-state index < -0.39 is 0 Å². The van der Waals surface area contributed by atoms with Crippen molar-refractivity contribution in [3.8, 4) is 0 Å². The summed E-state index contributed by atoms with van der Waals surface area (Å²) in [5, 5.41) is 11.0. The summed E-state index contributed by atoms with van der Waals surface area (Å²) in [5.74, 6) is 1.75. The molecule has 0 amide bonds. The summed E-state index contributed by atoms with van der Waals surface area (Å²) in [4.78, 5) is 6.96. The molecule has 3 rings (SSSR count). The number of benzene rings is 1. The molecule has 1 fully saturated rings. The van der Waals surface area contributed by atoms with E-state index in [4.69, 9.17) is 0 Å². The van der Waals surface area contributed by atoms with Gasteiger partial charge in [-0.2, -0.15) is 5.10 Å². The Bertz CT molecular complexity index is 711. The summed E-state index contributed by atoms with van der Waals surface area (Å²) in [5.41, 5.74) is 1.49. The van der Waals surface area contributed by atoms with Crippen LogP contribution in [0.25, 0.3) is 0 Å². The maximum atomic E-state index is 4.31. The van der Waals surface area contributed by atoms with Gasteiger partial charge < -0.3 is 15.5 Å². The van der Waals surface area contributed by atoms with Crippen LogP contribution in [-0.2, 0) is 13.0 Å². The molecule has 2 heterocycles. The molecule has 6 nitrogen and oxygen atoms in total. The second-order valence-corrected chi connectivity index (χ2v) is 8.23. The van der Waals surface area contributed by atoms with Crippen LogP contribution in [-0.4, -0.2) is 60.4 Å². The predicted octanol–water partition coefficient (Wildman–Crippen LogP) is 3.79. The predicted molar refractivity (Wildman–Crippen MR) is 140 cm³/mol. The van der Waals surface area contributed by atoms with Crippen LogP contribution in [0.4, 0.5) is 0 Å². The SMILES string of the molecule is CN=C(NCCCCN1CCC(Cc2ccccc2)CC1)NCCCn1cccn1.I. The van der Waals surface area contributed by atoms with Gasteiger partial charge in [0.2, 0.25) is 0 Å². The molecule has 0 atom stereocenters. The molecule has 1 aromatic heterocycles. The van der Waals surface area contributed by atoms with Gasteiger partial charge in [-0.3, -0.25) is 9.67 Å². The Labute approximate surface area is 204 Å². The number of aryl methyl sites for hydroxylation is 1. The first kappa shape index (κ1) is 25.6. The van der Waals surface area contributed by atoms with Crippen molar-refractivity contribution in [1.82, 2.24) is 25.3 Å². The van der Waals surface area contributed by atoms with Crippen molar-refractivity contribution in [2.75, 3.05) is 39.8 Å². The first-order valence-electron chi connectivity index (χ1n) is 11.5. The molecular formula is C24H39IN6. The zero-order valence-corrected chi connectivity index (χ0v) is 21.2. The lowest BCUT2D eigenvalue weighted by Gasteiger charge is -2.32. The Balaban J connectivity index is 0.00000341. The molecule has 2 N–H and O–H groups in total. The van der Waals surface area contributed by atoms with Crippen LogP contribution in [0, 0.1) is 5.92 Å². The van der Waals surface area contributed by atoms with Crippen LogP contribution < -0.4 is 10.6 Å². The Morgan fingerprint density at radius 1 is 1.00 bits per heavy atom. The maximum absolute atomic E-state index is 4.31. The highest BCUT2D eigenvalue weighted by Gasteiger charge is 2.18. The summed E-state index contributed by atoms with van der Waals surface area (Å²) >= 11 is 0. The quantitative estimate of drug-likeness (QED) is 0.198. The number of guanidine groups is 1. The van der Waals surface area contributed by atoms with Gasteiger partial charge in [-0.25, -0.2) is 0 Å². The number of nitrogens with zero attached hydrogens (tertiary/aromatic N) is 4. The summed E-state index contributed by atoms with van der Waals surface area (Å²) in [6.07, 6.45) is 11.2. The highest BCUT2D eigenvalue weighted by Crippen LogP contribution is 2.21. The second-order valence-electron chi connectivity index (χ2n) is 8.23. The first-order valence-corrected chi connectivity index (χ1v) is 11.5. The molecule has 2 aromatic rings. The van der Waals surface area contributed by atoms with Crippen molar-refractivity contribution in [2.24, 2.45) is 10.9 Å². The Morgan fingerprint density at radius 3 is 2.42 bits per heavy atom. The zero-order valence-electron chi connectivity index (χ0n) is 18.9. The monoisotopic (exact) mass is 538 g/mol. The summed E-state index contributed by atoms with van der Waals surface area (Å²) in [7, 11) is 1.84. The molecular weight excluding hydrogens is 499 g/mol. The van der Waals surface area contributed by atoms with Gasteiger partial charge in [0.15, 0.2) is 5.96 Å². The zero-order chi connectivity index (χ0) is 20.9. The van der Waals surface area contributed by atoms with Crippen LogP contribution in [0.1, 0.15) is 37.7 Å². The van der Waals surface area contributed by atoms with Gasteiger partial charge in [-0.1, -0.05) is 30.3 Å². The van der Waals surface area contributed by atoms with E-state index in [9.17, 15) is 0 Å². The van der Waals surface area contributed by atoms with E-state index in [1.807, 2.05) is 30.2 Å². The molecule has 0 bridgehead atoms. The normalized spacial score (nSPS) is 15.5. The van der Waals surface area contributed by atoms with Gasteiger partial charge >= 0.3 is 0 Å². The summed E-state index contributed by atoms with van der Waals surface area (Å²) < 4.78 is 1.96. The highest BCUT2D eigenvalue weighted by atomic mass is 127. The van der Waals surface area contributed by atoms with Crippen molar-refractivity contribution in [3.05, 3.63) is 54.4 Å². The molecule has 0 aliphatic carbocycles. The van der Waals surface area contributed by atoms with Crippen molar-refractivity contribution < 1.29 is 0 Å². The van der Waals surface area contributed by atoms with E-state index in [2.05, 4.69) is 56.0 Å². The number of aliphatic imine (C=N–C) groups is 1. The summed E-state index contributed by atoms with van der Waals surface area (Å²) in [6, 6.07) is 12.9. The third kappa shape index (κ3) is 10.0. The number of aromatic nitrogens is 2. The van der Waals surface area contributed by atoms with Crippen molar-refractivity contribution in [2.45, 2.75) is 45.1 Å². The average Bonchev–Trinajstić information content (AvgIpc) is 3.30. The average molecular weight is 539 g/mol. The lowest BCUT2D eigenvalue weighted by Crippen LogP contribution is -2.39. The van der Waals surface area contributed by atoms with Crippen LogP contribution in [0.3, 0.4) is 0 Å². The minimum atomic E-state index is 0. The van der Waals surface area contributed by atoms with Gasteiger partial charge in [0, 0.05) is 39.1 Å². The molecule has 172 valence electrons. The summed E-state index contributed by atoms with van der Waals surface area (Å²) in [6.45, 7) is 6.53. The number of unbranched alkanes of at least 4 members (excludes halogenated alkanes) is 1. The van der Waals surface area contributed by atoms with E-state index in [0.29, 0.717) is 0 Å². The van der Waals surface area contributed by atoms with Crippen LogP contribution >= 0.6 is 24.0 Å². The first-order chi connectivity index (χ1) is 14.8. The van der Waals surface area contributed by atoms with Crippen molar-refractivity contribution in [1.29, 1.82) is 0 Å². The molecule has 1 aliphatic rings. The number of rotatable bonds is 11. The molecule has 7 heteroatoms. The third-order valence-electron chi connectivity index (χ3n) is 5.91. The van der Waals surface area contributed by atoms with E-state index in [0.717, 1.165) is 37.9 Å². The lowest BCUT2D eigenvalue weighted by molar-refractivity contribution is 0.181. The third-order valence-corrected chi connectivity index (χ3v) is 5.91. The Hall–Kier alpha value is -1.61. The Morgan fingerprint density at radius 2 is 1.74 bits per heavy atom.